The molecule has 1 heterocycles. The van der Waals surface area contributed by atoms with E-state index >= 15 is 0 Å². The molecule has 0 aromatic heterocycles. The van der Waals surface area contributed by atoms with Crippen molar-refractivity contribution in [2.45, 2.75) is 26.7 Å². The van der Waals surface area contributed by atoms with E-state index in [1.54, 1.807) is 17.0 Å². The smallest absolute Gasteiger partial charge is 0.271 e. The molecule has 0 saturated carbocycles. The van der Waals surface area contributed by atoms with Crippen LogP contribution in [0.15, 0.2) is 69.0 Å². The van der Waals surface area contributed by atoms with E-state index in [1.807, 2.05) is 48.5 Å². The van der Waals surface area contributed by atoms with E-state index in [2.05, 4.69) is 29.8 Å². The Morgan fingerprint density at radius 2 is 1.69 bits per heavy atom. The zero-order valence-electron chi connectivity index (χ0n) is 19.5. The summed E-state index contributed by atoms with van der Waals surface area (Å²) in [5.41, 5.74) is 4.53. The maximum Gasteiger partial charge on any atom is 0.271 e. The number of aromatic hydroxyl groups is 1. The molecule has 5 nitrogen and oxygen atoms in total. The highest BCUT2D eigenvalue weighted by molar-refractivity contribution is 9.10. The minimum Gasteiger partial charge on any atom is -0.503 e. The Balaban J connectivity index is 1.80. The van der Waals surface area contributed by atoms with E-state index in [0.29, 0.717) is 20.1 Å². The van der Waals surface area contributed by atoms with Crippen LogP contribution in [0.4, 0.5) is 11.4 Å². The van der Waals surface area contributed by atoms with Crippen LogP contribution in [0.2, 0.25) is 5.02 Å². The van der Waals surface area contributed by atoms with Gasteiger partial charge in [0.2, 0.25) is 0 Å². The highest BCUT2D eigenvalue weighted by Gasteiger charge is 2.35. The first-order chi connectivity index (χ1) is 16.9. The van der Waals surface area contributed by atoms with Gasteiger partial charge in [-0.05, 0) is 93.6 Å². The number of aryl methyl sites for hydroxylation is 2. The molecule has 8 heteroatoms. The number of anilines is 1. The number of rotatable bonds is 6. The number of thioether (sulfide) groups is 1. The Labute approximate surface area is 222 Å². The Kier molecular flexibility index (Phi) is 7.89. The fourth-order valence-electron chi connectivity index (χ4n) is 3.59. The van der Waals surface area contributed by atoms with Crippen molar-refractivity contribution in [3.8, 4) is 11.5 Å². The lowest BCUT2D eigenvalue weighted by Crippen LogP contribution is -2.28. The second-order valence-electron chi connectivity index (χ2n) is 7.83. The monoisotopic (exact) mass is 570 g/mol. The summed E-state index contributed by atoms with van der Waals surface area (Å²) in [6.45, 7) is 4.20. The minimum absolute atomic E-state index is 0.114. The third kappa shape index (κ3) is 5.27. The van der Waals surface area contributed by atoms with Crippen molar-refractivity contribution in [1.82, 2.24) is 0 Å². The zero-order valence-corrected chi connectivity index (χ0v) is 22.7. The zero-order chi connectivity index (χ0) is 25.1. The van der Waals surface area contributed by atoms with Gasteiger partial charge in [0, 0.05) is 4.47 Å². The van der Waals surface area contributed by atoms with Crippen LogP contribution in [0.25, 0.3) is 6.08 Å². The van der Waals surface area contributed by atoms with Gasteiger partial charge in [-0.3, -0.25) is 9.69 Å². The number of halogens is 2. The fourth-order valence-corrected chi connectivity index (χ4v) is 5.20. The number of amidine groups is 1. The summed E-state index contributed by atoms with van der Waals surface area (Å²) in [6, 6.07) is 17.5. The predicted octanol–water partition coefficient (Wildman–Crippen LogP) is 7.75. The quantitative estimate of drug-likeness (QED) is 0.307. The third-order valence-corrected chi connectivity index (χ3v) is 8.08. The van der Waals surface area contributed by atoms with Gasteiger partial charge in [-0.1, -0.05) is 49.7 Å². The van der Waals surface area contributed by atoms with Crippen LogP contribution < -0.4 is 9.64 Å². The van der Waals surface area contributed by atoms with Crippen LogP contribution in [-0.4, -0.2) is 23.3 Å². The highest BCUT2D eigenvalue weighted by atomic mass is 79.9. The van der Waals surface area contributed by atoms with E-state index in [9.17, 15) is 9.90 Å². The summed E-state index contributed by atoms with van der Waals surface area (Å²) in [6.07, 6.45) is 3.58. The third-order valence-electron chi connectivity index (χ3n) is 5.66. The molecule has 3 aromatic rings. The maximum atomic E-state index is 13.6. The van der Waals surface area contributed by atoms with Crippen LogP contribution in [0.3, 0.4) is 0 Å². The molecule has 35 heavy (non-hydrogen) atoms. The van der Waals surface area contributed by atoms with Crippen molar-refractivity contribution in [1.29, 1.82) is 0 Å². The molecule has 1 aliphatic rings. The lowest BCUT2D eigenvalue weighted by atomic mass is 10.1. The Morgan fingerprint density at radius 3 is 2.26 bits per heavy atom. The van der Waals surface area contributed by atoms with Crippen LogP contribution in [0.1, 0.15) is 30.5 Å². The molecule has 1 amide bonds. The highest BCUT2D eigenvalue weighted by Crippen LogP contribution is 2.44. The number of phenolic OH excluding ortho intramolecular Hbond substituents is 1. The van der Waals surface area contributed by atoms with Gasteiger partial charge in [-0.2, -0.15) is 0 Å². The van der Waals surface area contributed by atoms with Crippen molar-refractivity contribution in [2.75, 3.05) is 12.0 Å². The van der Waals surface area contributed by atoms with Gasteiger partial charge < -0.3 is 9.84 Å². The molecule has 0 spiro atoms. The molecule has 0 radical (unpaired) electrons. The van der Waals surface area contributed by atoms with Gasteiger partial charge in [0.1, 0.15) is 5.02 Å². The van der Waals surface area contributed by atoms with Crippen LogP contribution in [-0.2, 0) is 17.6 Å². The van der Waals surface area contributed by atoms with Gasteiger partial charge in [-0.25, -0.2) is 4.99 Å². The topological polar surface area (TPSA) is 62.1 Å². The molecule has 0 aliphatic carbocycles. The number of carbonyl (C=O) groups excluding carboxylic acids is 1. The largest absolute Gasteiger partial charge is 0.503 e. The van der Waals surface area contributed by atoms with Crippen LogP contribution in [0, 0.1) is 0 Å². The number of amides is 1. The average Bonchev–Trinajstić information content (AvgIpc) is 3.18. The first kappa shape index (κ1) is 25.4. The van der Waals surface area contributed by atoms with Gasteiger partial charge >= 0.3 is 0 Å². The minimum atomic E-state index is -0.196. The Bertz CT molecular complexity index is 1320. The number of hydrogen-bond acceptors (Lipinski definition) is 5. The molecule has 3 aromatic carbocycles. The molecular formula is C27H24BrClN2O3S. The molecule has 0 unspecified atom stereocenters. The number of aliphatic imine (C=N–C) groups is 1. The van der Waals surface area contributed by atoms with E-state index < -0.39 is 0 Å². The van der Waals surface area contributed by atoms with Crippen molar-refractivity contribution in [3.05, 3.63) is 85.7 Å². The molecule has 0 atom stereocenters. The second kappa shape index (κ2) is 10.9. The van der Waals surface area contributed by atoms with Crippen LogP contribution >= 0.6 is 39.3 Å². The summed E-state index contributed by atoms with van der Waals surface area (Å²) >= 11 is 11.0. The number of nitrogens with zero attached hydrogens (tertiary/aromatic N) is 2. The van der Waals surface area contributed by atoms with Crippen molar-refractivity contribution < 1.29 is 14.6 Å². The van der Waals surface area contributed by atoms with Gasteiger partial charge in [0.15, 0.2) is 16.7 Å². The van der Waals surface area contributed by atoms with Crippen molar-refractivity contribution in [3.63, 3.8) is 0 Å². The second-order valence-corrected chi connectivity index (χ2v) is 10.0. The molecule has 1 aliphatic heterocycles. The molecule has 4 rings (SSSR count). The number of carbonyl (C=O) groups is 1. The summed E-state index contributed by atoms with van der Waals surface area (Å²) < 4.78 is 5.70. The molecule has 1 saturated heterocycles. The van der Waals surface area contributed by atoms with E-state index in [4.69, 9.17) is 21.3 Å². The standard InChI is InChI=1S/C27H24BrClN2O3S/c1-4-16-6-10-19(11-7-16)30-27-31(20-12-8-17(5-2)9-13-20)26(33)22(35-27)15-18-14-21(34-3)25(32)24(29)23(18)28/h6-15,32H,4-5H2,1-3H3/b22-15-,30-27?. The Hall–Kier alpha value is -2.74. The summed E-state index contributed by atoms with van der Waals surface area (Å²) in [4.78, 5) is 20.5. The molecular weight excluding hydrogens is 548 g/mol. The molecule has 1 fully saturated rings. The molecule has 180 valence electrons. The number of methoxy groups -OCH3 is 1. The van der Waals surface area contributed by atoms with Gasteiger partial charge in [0.25, 0.3) is 5.91 Å². The molecule has 0 bridgehead atoms. The normalized spacial score (nSPS) is 15.9. The van der Waals surface area contributed by atoms with Gasteiger partial charge in [-0.15, -0.1) is 0 Å². The van der Waals surface area contributed by atoms with E-state index in [1.165, 1.54) is 30.0 Å². The molecule has 1 N–H and O–H groups in total. The average molecular weight is 572 g/mol. The lowest BCUT2D eigenvalue weighted by Gasteiger charge is -2.16. The predicted molar refractivity (Wildman–Crippen MR) is 149 cm³/mol. The summed E-state index contributed by atoms with van der Waals surface area (Å²) in [5.74, 6) is -0.139. The SMILES string of the molecule is CCc1ccc(N=C2S/C(=C\c3cc(OC)c(O)c(Cl)c3Br)C(=O)N2c2ccc(CC)cc2)cc1. The lowest BCUT2D eigenvalue weighted by molar-refractivity contribution is -0.113. The number of phenols is 1. The number of hydrogen-bond donors (Lipinski definition) is 1. The maximum absolute atomic E-state index is 13.6. The fraction of sp³-hybridized carbons (Fsp3) is 0.185. The van der Waals surface area contributed by atoms with E-state index in [-0.39, 0.29) is 22.4 Å². The summed E-state index contributed by atoms with van der Waals surface area (Å²) in [5, 5.41) is 10.9. The number of benzene rings is 3. The first-order valence-corrected chi connectivity index (χ1v) is 13.1. The van der Waals surface area contributed by atoms with Crippen molar-refractivity contribution in [2.24, 2.45) is 4.99 Å². The number of ether oxygens (including phenoxy) is 1. The van der Waals surface area contributed by atoms with Gasteiger partial charge in [0.05, 0.1) is 23.4 Å². The first-order valence-electron chi connectivity index (χ1n) is 11.1. The van der Waals surface area contributed by atoms with Crippen molar-refractivity contribution >= 4 is 67.8 Å². The Morgan fingerprint density at radius 1 is 1.09 bits per heavy atom. The summed E-state index contributed by atoms with van der Waals surface area (Å²) in [7, 11) is 1.45. The van der Waals surface area contributed by atoms with E-state index in [0.717, 1.165) is 24.2 Å². The van der Waals surface area contributed by atoms with Crippen LogP contribution in [0.5, 0.6) is 11.5 Å².